The molecule has 6 nitrogen and oxygen atoms in total. The minimum atomic E-state index is -3.60. The Morgan fingerprint density at radius 1 is 1.19 bits per heavy atom. The highest BCUT2D eigenvalue weighted by Gasteiger charge is 2.28. The summed E-state index contributed by atoms with van der Waals surface area (Å²) in [4.78, 5) is 4.62. The van der Waals surface area contributed by atoms with Gasteiger partial charge in [-0.2, -0.15) is 0 Å². The quantitative estimate of drug-likeness (QED) is 0.489. The van der Waals surface area contributed by atoms with Gasteiger partial charge in [0.25, 0.3) is 0 Å². The molecule has 2 aromatic rings. The zero-order valence-electron chi connectivity index (χ0n) is 18.7. The van der Waals surface area contributed by atoms with Gasteiger partial charge in [0.1, 0.15) is 0 Å². The van der Waals surface area contributed by atoms with E-state index < -0.39 is 10.0 Å². The highest BCUT2D eigenvalue weighted by atomic mass is 35.5. The molecule has 0 saturated carbocycles. The predicted molar refractivity (Wildman–Crippen MR) is 132 cm³/mol. The summed E-state index contributed by atoms with van der Waals surface area (Å²) in [5.74, 6) is -0.00806. The number of nitrogens with two attached hydrogens (primary N) is 1. The molecular weight excluding hydrogens is 467 g/mol. The summed E-state index contributed by atoms with van der Waals surface area (Å²) in [6.45, 7) is 4.27. The molecule has 0 fully saturated rings. The minimum Gasteiger partial charge on any atom is -0.330 e. The predicted octanol–water partition coefficient (Wildman–Crippen LogP) is 3.52. The van der Waals surface area contributed by atoms with Gasteiger partial charge in [-0.1, -0.05) is 35.3 Å². The van der Waals surface area contributed by atoms with Gasteiger partial charge in [0.2, 0.25) is 10.0 Å². The van der Waals surface area contributed by atoms with Gasteiger partial charge in [0, 0.05) is 35.6 Å². The molecule has 0 saturated heterocycles. The number of nitrogens with one attached hydrogen (secondary N) is 1. The SMILES string of the molecule is CN(CCCN)CCCNS(=O)(=O)c1cccc(C2CN(C)Cc3c(Cl)cc(Cl)cc32)c1. The lowest BCUT2D eigenvalue weighted by Gasteiger charge is -2.33. The summed E-state index contributed by atoms with van der Waals surface area (Å²) in [6.07, 6.45) is 1.67. The van der Waals surface area contributed by atoms with E-state index in [1.54, 1.807) is 24.3 Å². The molecule has 9 heteroatoms. The molecule has 2 aromatic carbocycles. The fraction of sp³-hybridized carbons (Fsp3) is 0.478. The molecule has 3 N–H and O–H groups in total. The van der Waals surface area contributed by atoms with Gasteiger partial charge >= 0.3 is 0 Å². The Balaban J connectivity index is 1.74. The van der Waals surface area contributed by atoms with Crippen molar-refractivity contribution in [1.82, 2.24) is 14.5 Å². The van der Waals surface area contributed by atoms with Crippen molar-refractivity contribution in [2.45, 2.75) is 30.2 Å². The van der Waals surface area contributed by atoms with E-state index in [9.17, 15) is 8.42 Å². The number of hydrogen-bond donors (Lipinski definition) is 2. The Morgan fingerprint density at radius 2 is 1.94 bits per heavy atom. The van der Waals surface area contributed by atoms with Crippen molar-refractivity contribution in [1.29, 1.82) is 0 Å². The summed E-state index contributed by atoms with van der Waals surface area (Å²) in [6, 6.07) is 10.9. The molecular formula is C23H32Cl2N4O2S. The first-order valence-corrected chi connectivity index (χ1v) is 13.1. The molecule has 1 heterocycles. The molecule has 1 aliphatic rings. The molecule has 0 aliphatic carbocycles. The minimum absolute atomic E-state index is 0.00806. The van der Waals surface area contributed by atoms with Gasteiger partial charge in [-0.15, -0.1) is 0 Å². The van der Waals surface area contributed by atoms with Crippen LogP contribution in [0.15, 0.2) is 41.3 Å². The van der Waals surface area contributed by atoms with E-state index in [-0.39, 0.29) is 10.8 Å². The average molecular weight is 500 g/mol. The van der Waals surface area contributed by atoms with Crippen molar-refractivity contribution in [3.8, 4) is 0 Å². The molecule has 176 valence electrons. The van der Waals surface area contributed by atoms with E-state index in [2.05, 4.69) is 14.5 Å². The monoisotopic (exact) mass is 498 g/mol. The maximum Gasteiger partial charge on any atom is 0.240 e. The van der Waals surface area contributed by atoms with Crippen molar-refractivity contribution in [3.63, 3.8) is 0 Å². The van der Waals surface area contributed by atoms with Crippen molar-refractivity contribution in [2.75, 3.05) is 46.8 Å². The number of sulfonamides is 1. The number of fused-ring (bicyclic) bond motifs is 1. The van der Waals surface area contributed by atoms with Gasteiger partial charge in [0.15, 0.2) is 0 Å². The van der Waals surface area contributed by atoms with Crippen molar-refractivity contribution in [2.24, 2.45) is 5.73 Å². The van der Waals surface area contributed by atoms with Crippen LogP contribution in [0, 0.1) is 0 Å². The summed E-state index contributed by atoms with van der Waals surface area (Å²) in [7, 11) is 0.457. The van der Waals surface area contributed by atoms with E-state index in [1.807, 2.05) is 26.2 Å². The van der Waals surface area contributed by atoms with Crippen LogP contribution in [0.25, 0.3) is 0 Å². The highest BCUT2D eigenvalue weighted by molar-refractivity contribution is 7.89. The fourth-order valence-corrected chi connectivity index (χ4v) is 5.84. The first kappa shape index (κ1) is 25.4. The zero-order valence-corrected chi connectivity index (χ0v) is 21.0. The lowest BCUT2D eigenvalue weighted by molar-refractivity contribution is 0.295. The number of halogens is 2. The van der Waals surface area contributed by atoms with E-state index in [0.717, 1.165) is 55.7 Å². The Labute approximate surface area is 201 Å². The normalized spacial score (nSPS) is 17.0. The van der Waals surface area contributed by atoms with E-state index in [1.165, 1.54) is 0 Å². The summed E-state index contributed by atoms with van der Waals surface area (Å²) >= 11 is 12.7. The van der Waals surface area contributed by atoms with Gasteiger partial charge in [-0.25, -0.2) is 13.1 Å². The number of likely N-dealkylation sites (N-methyl/N-ethyl adjacent to an activating group) is 1. The van der Waals surface area contributed by atoms with Crippen molar-refractivity contribution in [3.05, 3.63) is 63.1 Å². The average Bonchev–Trinajstić information content (AvgIpc) is 2.75. The number of rotatable bonds is 10. The first-order chi connectivity index (χ1) is 15.2. The van der Waals surface area contributed by atoms with Gasteiger partial charge in [-0.05, 0) is 87.5 Å². The topological polar surface area (TPSA) is 78.7 Å². The standard InChI is InChI=1S/C23H32Cl2N4O2S/c1-28(10-4-8-26)11-5-9-27-32(30,31)19-7-3-6-17(12-19)21-15-29(2)16-22-20(21)13-18(24)14-23(22)25/h3,6-7,12-14,21,27H,4-5,8-11,15-16,26H2,1-2H3. The number of hydrogen-bond acceptors (Lipinski definition) is 5. The molecule has 0 radical (unpaired) electrons. The van der Waals surface area contributed by atoms with Crippen molar-refractivity contribution >= 4 is 33.2 Å². The van der Waals surface area contributed by atoms with Gasteiger partial charge in [0.05, 0.1) is 4.90 Å². The first-order valence-electron chi connectivity index (χ1n) is 10.9. The molecule has 0 aromatic heterocycles. The van der Waals surface area contributed by atoms with Crippen LogP contribution in [0.3, 0.4) is 0 Å². The molecule has 1 aliphatic heterocycles. The Bertz CT molecular complexity index is 1030. The van der Waals surface area contributed by atoms with E-state index in [4.69, 9.17) is 28.9 Å². The third-order valence-corrected chi connectivity index (χ3v) is 7.83. The smallest absolute Gasteiger partial charge is 0.240 e. The third-order valence-electron chi connectivity index (χ3n) is 5.82. The van der Waals surface area contributed by atoms with Gasteiger partial charge < -0.3 is 15.5 Å². The number of benzene rings is 2. The maximum atomic E-state index is 12.9. The second-order valence-electron chi connectivity index (χ2n) is 8.47. The molecule has 1 unspecified atom stereocenters. The lowest BCUT2D eigenvalue weighted by Crippen LogP contribution is -2.31. The lowest BCUT2D eigenvalue weighted by atomic mass is 9.85. The van der Waals surface area contributed by atoms with Crippen LogP contribution in [0.1, 0.15) is 35.4 Å². The van der Waals surface area contributed by atoms with Crippen LogP contribution >= 0.6 is 23.2 Å². The van der Waals surface area contributed by atoms with Crippen LogP contribution in [-0.2, 0) is 16.6 Å². The van der Waals surface area contributed by atoms with Crippen LogP contribution in [0.4, 0.5) is 0 Å². The van der Waals surface area contributed by atoms with Gasteiger partial charge in [-0.3, -0.25) is 0 Å². The summed E-state index contributed by atoms with van der Waals surface area (Å²) in [5.41, 5.74) is 8.57. The van der Waals surface area contributed by atoms with Crippen LogP contribution < -0.4 is 10.5 Å². The summed E-state index contributed by atoms with van der Waals surface area (Å²) < 4.78 is 28.5. The zero-order chi connectivity index (χ0) is 23.3. The highest BCUT2D eigenvalue weighted by Crippen LogP contribution is 2.38. The van der Waals surface area contributed by atoms with Crippen molar-refractivity contribution < 1.29 is 8.42 Å². The van der Waals surface area contributed by atoms with E-state index in [0.29, 0.717) is 23.1 Å². The largest absolute Gasteiger partial charge is 0.330 e. The second kappa shape index (κ2) is 11.3. The molecule has 0 bridgehead atoms. The van der Waals surface area contributed by atoms with Crippen LogP contribution in [0.5, 0.6) is 0 Å². The van der Waals surface area contributed by atoms with Crippen LogP contribution in [-0.4, -0.2) is 65.0 Å². The molecule has 0 amide bonds. The summed E-state index contributed by atoms with van der Waals surface area (Å²) in [5, 5.41) is 1.23. The van der Waals surface area contributed by atoms with Crippen LogP contribution in [0.2, 0.25) is 10.0 Å². The second-order valence-corrected chi connectivity index (χ2v) is 11.1. The number of nitrogens with zero attached hydrogens (tertiary/aromatic N) is 2. The molecule has 32 heavy (non-hydrogen) atoms. The van der Waals surface area contributed by atoms with E-state index >= 15 is 0 Å². The Hall–Kier alpha value is -1.19. The Morgan fingerprint density at radius 3 is 2.69 bits per heavy atom. The maximum absolute atomic E-state index is 12.9. The third kappa shape index (κ3) is 6.44. The molecule has 0 spiro atoms. The Kier molecular flexibility index (Phi) is 8.97. The fourth-order valence-electron chi connectivity index (χ4n) is 4.14. The molecule has 1 atom stereocenters. The molecule has 3 rings (SSSR count).